The molecule has 1 saturated heterocycles. The van der Waals surface area contributed by atoms with E-state index in [0.717, 1.165) is 44.1 Å². The Hall–Kier alpha value is -2.41. The molecule has 1 atom stereocenters. The quantitative estimate of drug-likeness (QED) is 0.905. The van der Waals surface area contributed by atoms with Crippen molar-refractivity contribution < 1.29 is 9.53 Å². The molecule has 2 aliphatic rings. The van der Waals surface area contributed by atoms with Crippen molar-refractivity contribution in [1.82, 2.24) is 19.9 Å². The van der Waals surface area contributed by atoms with E-state index in [1.807, 2.05) is 24.5 Å². The van der Waals surface area contributed by atoms with Gasteiger partial charge in [0.2, 0.25) is 0 Å². The van der Waals surface area contributed by atoms with E-state index < -0.39 is 0 Å². The smallest absolute Gasteiger partial charge is 0.255 e. The third-order valence-electron chi connectivity index (χ3n) is 4.61. The molecule has 7 heteroatoms. The minimum Gasteiger partial charge on any atom is -0.378 e. The van der Waals surface area contributed by atoms with Gasteiger partial charge in [-0.3, -0.25) is 4.79 Å². The lowest BCUT2D eigenvalue weighted by molar-refractivity contribution is 0.0925. The molecule has 4 heterocycles. The second kappa shape index (κ2) is 6.60. The fourth-order valence-corrected chi connectivity index (χ4v) is 3.35. The largest absolute Gasteiger partial charge is 0.378 e. The zero-order chi connectivity index (χ0) is 16.4. The number of pyridine rings is 1. The first-order valence-electron chi connectivity index (χ1n) is 8.40. The first-order valence-corrected chi connectivity index (χ1v) is 8.40. The monoisotopic (exact) mass is 327 g/mol. The predicted molar refractivity (Wildman–Crippen MR) is 89.1 cm³/mol. The molecule has 7 nitrogen and oxygen atoms in total. The number of hydrogen-bond donors (Lipinski definition) is 1. The molecule has 1 fully saturated rings. The SMILES string of the molecule is O=C(NC1CCc2nccn2C1)c1cccnc1N1CCOCC1. The molecule has 0 radical (unpaired) electrons. The summed E-state index contributed by atoms with van der Waals surface area (Å²) >= 11 is 0. The van der Waals surface area contributed by atoms with Crippen LogP contribution in [0.25, 0.3) is 0 Å². The van der Waals surface area contributed by atoms with E-state index in [4.69, 9.17) is 4.74 Å². The molecule has 1 amide bonds. The second-order valence-corrected chi connectivity index (χ2v) is 6.18. The maximum atomic E-state index is 12.8. The number of aryl methyl sites for hydroxylation is 1. The van der Waals surface area contributed by atoms with E-state index in [1.165, 1.54) is 0 Å². The first kappa shape index (κ1) is 15.1. The Morgan fingerprint density at radius 1 is 1.25 bits per heavy atom. The van der Waals surface area contributed by atoms with Gasteiger partial charge in [-0.05, 0) is 18.6 Å². The predicted octanol–water partition coefficient (Wildman–Crippen LogP) is 0.859. The second-order valence-electron chi connectivity index (χ2n) is 6.18. The molecule has 0 saturated carbocycles. The lowest BCUT2D eigenvalue weighted by Crippen LogP contribution is -2.42. The van der Waals surface area contributed by atoms with Gasteiger partial charge in [0.15, 0.2) is 0 Å². The van der Waals surface area contributed by atoms with Crippen LogP contribution in [0.4, 0.5) is 5.82 Å². The Kier molecular flexibility index (Phi) is 4.17. The number of ether oxygens (including phenoxy) is 1. The van der Waals surface area contributed by atoms with Crippen molar-refractivity contribution in [2.75, 3.05) is 31.2 Å². The van der Waals surface area contributed by atoms with E-state index in [-0.39, 0.29) is 11.9 Å². The van der Waals surface area contributed by atoms with Crippen LogP contribution in [-0.2, 0) is 17.7 Å². The van der Waals surface area contributed by atoms with Gasteiger partial charge in [-0.1, -0.05) is 0 Å². The molecular formula is C17H21N5O2. The van der Waals surface area contributed by atoms with Gasteiger partial charge in [0.05, 0.1) is 18.8 Å². The van der Waals surface area contributed by atoms with Crippen LogP contribution in [0.3, 0.4) is 0 Å². The number of imidazole rings is 1. The van der Waals surface area contributed by atoms with E-state index in [2.05, 4.69) is 24.8 Å². The van der Waals surface area contributed by atoms with Crippen LogP contribution in [0.5, 0.6) is 0 Å². The van der Waals surface area contributed by atoms with Crippen molar-refractivity contribution >= 4 is 11.7 Å². The first-order chi connectivity index (χ1) is 11.8. The van der Waals surface area contributed by atoms with Crippen molar-refractivity contribution in [2.45, 2.75) is 25.4 Å². The normalized spacial score (nSPS) is 20.5. The van der Waals surface area contributed by atoms with E-state index in [9.17, 15) is 4.79 Å². The minimum absolute atomic E-state index is 0.0573. The Morgan fingerprint density at radius 3 is 3.00 bits per heavy atom. The Morgan fingerprint density at radius 2 is 2.12 bits per heavy atom. The van der Waals surface area contributed by atoms with Crippen LogP contribution < -0.4 is 10.2 Å². The maximum Gasteiger partial charge on any atom is 0.255 e. The van der Waals surface area contributed by atoms with Crippen molar-refractivity contribution in [3.8, 4) is 0 Å². The number of fused-ring (bicyclic) bond motifs is 1. The fourth-order valence-electron chi connectivity index (χ4n) is 3.35. The van der Waals surface area contributed by atoms with Gasteiger partial charge in [-0.25, -0.2) is 9.97 Å². The van der Waals surface area contributed by atoms with Crippen molar-refractivity contribution in [3.05, 3.63) is 42.1 Å². The van der Waals surface area contributed by atoms with Gasteiger partial charge in [0.25, 0.3) is 5.91 Å². The van der Waals surface area contributed by atoms with E-state index in [1.54, 1.807) is 6.20 Å². The van der Waals surface area contributed by atoms with Crippen LogP contribution in [0, 0.1) is 0 Å². The number of morpholine rings is 1. The molecule has 1 N–H and O–H groups in total. The molecule has 2 aromatic rings. The third kappa shape index (κ3) is 2.99. The standard InChI is InChI=1S/C17H21N5O2/c23-17(20-13-3-4-15-18-6-7-22(15)12-13)14-2-1-5-19-16(14)21-8-10-24-11-9-21/h1-2,5-7,13H,3-4,8-12H2,(H,20,23). The number of aromatic nitrogens is 3. The highest BCUT2D eigenvalue weighted by atomic mass is 16.5. The van der Waals surface area contributed by atoms with Crippen LogP contribution >= 0.6 is 0 Å². The number of carbonyl (C=O) groups is 1. The van der Waals surface area contributed by atoms with Gasteiger partial charge < -0.3 is 19.5 Å². The van der Waals surface area contributed by atoms with Crippen LogP contribution in [0.2, 0.25) is 0 Å². The van der Waals surface area contributed by atoms with Gasteiger partial charge in [-0.2, -0.15) is 0 Å². The zero-order valence-corrected chi connectivity index (χ0v) is 13.5. The Bertz CT molecular complexity index is 723. The maximum absolute atomic E-state index is 12.8. The average Bonchev–Trinajstić information content (AvgIpc) is 3.10. The highest BCUT2D eigenvalue weighted by Gasteiger charge is 2.24. The number of nitrogens with one attached hydrogen (secondary N) is 1. The molecule has 0 bridgehead atoms. The molecule has 0 aromatic carbocycles. The van der Waals surface area contributed by atoms with Crippen LogP contribution in [-0.4, -0.2) is 52.8 Å². The lowest BCUT2D eigenvalue weighted by atomic mass is 10.1. The van der Waals surface area contributed by atoms with Gasteiger partial charge in [-0.15, -0.1) is 0 Å². The van der Waals surface area contributed by atoms with Crippen molar-refractivity contribution in [2.24, 2.45) is 0 Å². The third-order valence-corrected chi connectivity index (χ3v) is 4.61. The Labute approximate surface area is 140 Å². The van der Waals surface area contributed by atoms with Crippen LogP contribution in [0.15, 0.2) is 30.7 Å². The number of amides is 1. The molecule has 24 heavy (non-hydrogen) atoms. The topological polar surface area (TPSA) is 72.3 Å². The summed E-state index contributed by atoms with van der Waals surface area (Å²) in [5.41, 5.74) is 0.635. The molecule has 0 spiro atoms. The number of anilines is 1. The number of carbonyl (C=O) groups excluding carboxylic acids is 1. The lowest BCUT2D eigenvalue weighted by Gasteiger charge is -2.30. The van der Waals surface area contributed by atoms with Gasteiger partial charge >= 0.3 is 0 Å². The summed E-state index contributed by atoms with van der Waals surface area (Å²) in [6.45, 7) is 3.64. The zero-order valence-electron chi connectivity index (χ0n) is 13.5. The summed E-state index contributed by atoms with van der Waals surface area (Å²) in [6.07, 6.45) is 7.32. The van der Waals surface area contributed by atoms with Crippen molar-refractivity contribution in [1.29, 1.82) is 0 Å². The summed E-state index contributed by atoms with van der Waals surface area (Å²) in [4.78, 5) is 23.7. The number of nitrogens with zero attached hydrogens (tertiary/aromatic N) is 4. The van der Waals surface area contributed by atoms with E-state index >= 15 is 0 Å². The highest BCUT2D eigenvalue weighted by molar-refractivity contribution is 5.99. The van der Waals surface area contributed by atoms with Crippen LogP contribution in [0.1, 0.15) is 22.6 Å². The average molecular weight is 327 g/mol. The molecule has 2 aliphatic heterocycles. The molecular weight excluding hydrogens is 306 g/mol. The molecule has 4 rings (SSSR count). The summed E-state index contributed by atoms with van der Waals surface area (Å²) in [6, 6.07) is 3.78. The van der Waals surface area contributed by atoms with Crippen molar-refractivity contribution in [3.63, 3.8) is 0 Å². The fraction of sp³-hybridized carbons (Fsp3) is 0.471. The minimum atomic E-state index is -0.0573. The highest BCUT2D eigenvalue weighted by Crippen LogP contribution is 2.20. The molecule has 2 aromatic heterocycles. The number of hydrogen-bond acceptors (Lipinski definition) is 5. The van der Waals surface area contributed by atoms with Gasteiger partial charge in [0.1, 0.15) is 11.6 Å². The summed E-state index contributed by atoms with van der Waals surface area (Å²) < 4.78 is 7.50. The number of rotatable bonds is 3. The molecule has 0 aliphatic carbocycles. The van der Waals surface area contributed by atoms with Gasteiger partial charge in [0, 0.05) is 50.7 Å². The molecule has 126 valence electrons. The summed E-state index contributed by atoms with van der Waals surface area (Å²) in [5, 5.41) is 3.16. The summed E-state index contributed by atoms with van der Waals surface area (Å²) in [5.74, 6) is 1.78. The van der Waals surface area contributed by atoms with E-state index in [0.29, 0.717) is 18.8 Å². The summed E-state index contributed by atoms with van der Waals surface area (Å²) in [7, 11) is 0. The molecule has 1 unspecified atom stereocenters. The Balaban J connectivity index is 1.49.